The Labute approximate surface area is 108 Å². The molecular weight excluding hydrogens is 224 g/mol. The van der Waals surface area contributed by atoms with Gasteiger partial charge in [0.05, 0.1) is 5.92 Å². The summed E-state index contributed by atoms with van der Waals surface area (Å²) in [7, 11) is 3.76. The van der Waals surface area contributed by atoms with Crippen LogP contribution in [0, 0.1) is 0 Å². The first-order valence-electron chi connectivity index (χ1n) is 6.27. The Hall–Kier alpha value is -1.45. The minimum atomic E-state index is -1.01. The van der Waals surface area contributed by atoms with Crippen LogP contribution in [-0.2, 0) is 0 Å². The lowest BCUT2D eigenvalue weighted by molar-refractivity contribution is -0.0443. The summed E-state index contributed by atoms with van der Waals surface area (Å²) in [5.74, 6) is -0.131. The van der Waals surface area contributed by atoms with E-state index in [-0.39, 0.29) is 5.92 Å². The van der Waals surface area contributed by atoms with Gasteiger partial charge in [-0.2, -0.15) is 0 Å². The molecule has 0 radical (unpaired) electrons. The second-order valence-electron chi connectivity index (χ2n) is 4.77. The molecule has 2 atom stereocenters. The fraction of sp³-hybridized carbons (Fsp3) is 0.400. The lowest BCUT2D eigenvalue weighted by Gasteiger charge is -2.40. The Morgan fingerprint density at radius 3 is 2.78 bits per heavy atom. The number of benzene rings is 1. The van der Waals surface area contributed by atoms with Gasteiger partial charge >= 0.3 is 0 Å². The molecule has 96 valence electrons. The monoisotopic (exact) mass is 244 g/mol. The van der Waals surface area contributed by atoms with Crippen molar-refractivity contribution in [3.8, 4) is 0 Å². The van der Waals surface area contributed by atoms with Gasteiger partial charge in [-0.3, -0.25) is 9.89 Å². The van der Waals surface area contributed by atoms with Crippen LogP contribution in [0.3, 0.4) is 0 Å². The molecule has 0 bridgehead atoms. The fourth-order valence-corrected chi connectivity index (χ4v) is 2.32. The van der Waals surface area contributed by atoms with Crippen molar-refractivity contribution in [2.24, 2.45) is 4.99 Å². The number of hydrogen-bond donors (Lipinski definition) is 1. The van der Waals surface area contributed by atoms with Crippen LogP contribution in [0.5, 0.6) is 0 Å². The van der Waals surface area contributed by atoms with Crippen molar-refractivity contribution in [3.05, 3.63) is 41.5 Å². The van der Waals surface area contributed by atoms with Gasteiger partial charge in [0, 0.05) is 12.8 Å². The maximum atomic E-state index is 10.8. The minimum Gasteiger partial charge on any atom is -0.371 e. The van der Waals surface area contributed by atoms with Crippen LogP contribution in [-0.4, -0.2) is 42.6 Å². The molecule has 0 saturated heterocycles. The highest BCUT2D eigenvalue weighted by Gasteiger charge is 2.39. The summed E-state index contributed by atoms with van der Waals surface area (Å²) in [6.45, 7) is 2.72. The third-order valence-corrected chi connectivity index (χ3v) is 3.45. The molecule has 0 heterocycles. The smallest absolute Gasteiger partial charge is 0.149 e. The zero-order valence-electron chi connectivity index (χ0n) is 11.2. The van der Waals surface area contributed by atoms with E-state index in [0.717, 1.165) is 17.7 Å². The number of likely N-dealkylation sites (N-methyl/N-ethyl adjacent to an activating group) is 1. The summed E-state index contributed by atoms with van der Waals surface area (Å²) in [4.78, 5) is 6.15. The highest BCUT2D eigenvalue weighted by atomic mass is 16.3. The Bertz CT molecular complexity index is 479. The Kier molecular flexibility index (Phi) is 3.64. The average Bonchev–Trinajstić information content (AvgIpc) is 2.37. The van der Waals surface area contributed by atoms with E-state index >= 15 is 0 Å². The first kappa shape index (κ1) is 13.0. The van der Waals surface area contributed by atoms with Gasteiger partial charge in [0.2, 0.25) is 0 Å². The maximum Gasteiger partial charge on any atom is 0.149 e. The third-order valence-electron chi connectivity index (χ3n) is 3.45. The number of fused-ring (bicyclic) bond motifs is 1. The van der Waals surface area contributed by atoms with E-state index in [9.17, 15) is 5.11 Å². The molecule has 0 saturated carbocycles. The maximum absolute atomic E-state index is 10.8. The van der Waals surface area contributed by atoms with Crippen LogP contribution in [0.1, 0.15) is 24.0 Å². The molecule has 0 amide bonds. The summed E-state index contributed by atoms with van der Waals surface area (Å²) >= 11 is 0. The van der Waals surface area contributed by atoms with Crippen molar-refractivity contribution in [2.75, 3.05) is 20.6 Å². The van der Waals surface area contributed by atoms with E-state index in [2.05, 4.69) is 17.1 Å². The number of aliphatic imine (C=N–C) groups is 1. The molecule has 1 aliphatic rings. The fourth-order valence-electron chi connectivity index (χ4n) is 2.32. The molecule has 0 spiro atoms. The van der Waals surface area contributed by atoms with Gasteiger partial charge in [-0.1, -0.05) is 30.3 Å². The number of hydrogen-bond acceptors (Lipinski definition) is 3. The average molecular weight is 244 g/mol. The minimum absolute atomic E-state index is 0.131. The van der Waals surface area contributed by atoms with Crippen molar-refractivity contribution in [1.82, 2.24) is 4.90 Å². The van der Waals surface area contributed by atoms with Crippen molar-refractivity contribution < 1.29 is 5.11 Å². The van der Waals surface area contributed by atoms with Gasteiger partial charge in [0.25, 0.3) is 0 Å². The molecule has 1 aliphatic carbocycles. The Balaban J connectivity index is 2.51. The Morgan fingerprint density at radius 1 is 1.39 bits per heavy atom. The molecule has 3 nitrogen and oxygen atoms in total. The van der Waals surface area contributed by atoms with Gasteiger partial charge in [-0.25, -0.2) is 0 Å². The Morgan fingerprint density at radius 2 is 2.11 bits per heavy atom. The SMILES string of the molecule is CCN=CC1c2ccccc2C=CC1(O)N(C)C. The molecule has 0 aromatic heterocycles. The lowest BCUT2D eigenvalue weighted by Crippen LogP contribution is -2.49. The molecule has 0 fully saturated rings. The molecule has 18 heavy (non-hydrogen) atoms. The number of nitrogens with zero attached hydrogens (tertiary/aromatic N) is 2. The molecule has 3 heteroatoms. The topological polar surface area (TPSA) is 35.8 Å². The standard InChI is InChI=1S/C15H20N2O/c1-4-16-11-14-13-8-6-5-7-12(13)9-10-15(14,18)17(2)3/h5-11,14,18H,4H2,1-3H3. The van der Waals surface area contributed by atoms with Crippen LogP contribution in [0.25, 0.3) is 6.08 Å². The molecule has 1 aromatic rings. The highest BCUT2D eigenvalue weighted by Crippen LogP contribution is 2.37. The van der Waals surface area contributed by atoms with E-state index in [1.54, 1.807) is 0 Å². The zero-order valence-corrected chi connectivity index (χ0v) is 11.2. The van der Waals surface area contributed by atoms with Crippen LogP contribution in [0.4, 0.5) is 0 Å². The first-order chi connectivity index (χ1) is 8.59. The molecule has 1 N–H and O–H groups in total. The van der Waals surface area contributed by atoms with Gasteiger partial charge in [-0.05, 0) is 38.2 Å². The van der Waals surface area contributed by atoms with Gasteiger partial charge in [-0.15, -0.1) is 0 Å². The second kappa shape index (κ2) is 5.04. The van der Waals surface area contributed by atoms with Crippen LogP contribution < -0.4 is 0 Å². The lowest BCUT2D eigenvalue weighted by atomic mass is 9.81. The second-order valence-corrected chi connectivity index (χ2v) is 4.77. The molecule has 1 aromatic carbocycles. The van der Waals surface area contributed by atoms with Crippen LogP contribution in [0.15, 0.2) is 35.3 Å². The van der Waals surface area contributed by atoms with Crippen LogP contribution >= 0.6 is 0 Å². The quantitative estimate of drug-likeness (QED) is 0.653. The first-order valence-corrected chi connectivity index (χ1v) is 6.27. The summed E-state index contributed by atoms with van der Waals surface area (Å²) in [6, 6.07) is 8.13. The van der Waals surface area contributed by atoms with E-state index in [4.69, 9.17) is 0 Å². The van der Waals surface area contributed by atoms with Crippen LogP contribution in [0.2, 0.25) is 0 Å². The molecule has 0 aliphatic heterocycles. The highest BCUT2D eigenvalue weighted by molar-refractivity contribution is 5.76. The van der Waals surface area contributed by atoms with Gasteiger partial charge < -0.3 is 5.11 Å². The van der Waals surface area contributed by atoms with Crippen molar-refractivity contribution in [1.29, 1.82) is 0 Å². The van der Waals surface area contributed by atoms with E-state index in [0.29, 0.717) is 0 Å². The summed E-state index contributed by atoms with van der Waals surface area (Å²) in [5, 5.41) is 10.8. The van der Waals surface area contributed by atoms with Crippen molar-refractivity contribution in [2.45, 2.75) is 18.6 Å². The summed E-state index contributed by atoms with van der Waals surface area (Å²) in [6.07, 6.45) is 5.69. The van der Waals surface area contributed by atoms with Gasteiger partial charge in [0.15, 0.2) is 0 Å². The summed E-state index contributed by atoms with van der Waals surface area (Å²) < 4.78 is 0. The molecule has 2 unspecified atom stereocenters. The third kappa shape index (κ3) is 2.11. The predicted molar refractivity (Wildman–Crippen MR) is 75.9 cm³/mol. The largest absolute Gasteiger partial charge is 0.371 e. The van der Waals surface area contributed by atoms with E-state index in [1.807, 2.05) is 56.4 Å². The van der Waals surface area contributed by atoms with Crippen molar-refractivity contribution >= 4 is 12.3 Å². The zero-order chi connectivity index (χ0) is 13.2. The van der Waals surface area contributed by atoms with Crippen molar-refractivity contribution in [3.63, 3.8) is 0 Å². The molecular formula is C15H20N2O. The predicted octanol–water partition coefficient (Wildman–Crippen LogP) is 2.14. The van der Waals surface area contributed by atoms with E-state index in [1.165, 1.54) is 0 Å². The summed E-state index contributed by atoms with van der Waals surface area (Å²) in [5.41, 5.74) is 1.26. The molecule has 2 rings (SSSR count). The van der Waals surface area contributed by atoms with Gasteiger partial charge in [0.1, 0.15) is 5.72 Å². The number of rotatable bonds is 3. The normalized spacial score (nSPS) is 26.8. The number of aliphatic hydroxyl groups is 1. The van der Waals surface area contributed by atoms with E-state index < -0.39 is 5.72 Å².